The van der Waals surface area contributed by atoms with E-state index in [0.717, 1.165) is 11.1 Å². The molecule has 94 valence electrons. The Labute approximate surface area is 103 Å². The highest BCUT2D eigenvalue weighted by molar-refractivity contribution is 7.85. The van der Waals surface area contributed by atoms with Crippen LogP contribution in [-0.4, -0.2) is 27.1 Å². The first kappa shape index (κ1) is 13.9. The van der Waals surface area contributed by atoms with Crippen LogP contribution in [0.25, 0.3) is 0 Å². The zero-order valence-electron chi connectivity index (χ0n) is 9.76. The highest BCUT2D eigenvalue weighted by Crippen LogP contribution is 2.13. The van der Waals surface area contributed by atoms with E-state index >= 15 is 0 Å². The molecule has 0 saturated carbocycles. The third kappa shape index (κ3) is 3.94. The lowest BCUT2D eigenvalue weighted by atomic mass is 10.1. The lowest BCUT2D eigenvalue weighted by molar-refractivity contribution is -0.136. The van der Waals surface area contributed by atoms with E-state index in [1.165, 1.54) is 0 Å². The fourth-order valence-electron chi connectivity index (χ4n) is 1.54. The van der Waals surface area contributed by atoms with Crippen LogP contribution in [0.15, 0.2) is 24.3 Å². The van der Waals surface area contributed by atoms with Crippen molar-refractivity contribution in [2.24, 2.45) is 5.73 Å². The molecule has 1 rings (SSSR count). The van der Waals surface area contributed by atoms with E-state index in [9.17, 15) is 9.00 Å². The average Bonchev–Trinajstić information content (AvgIpc) is 2.28. The summed E-state index contributed by atoms with van der Waals surface area (Å²) in [7, 11) is -1.43. The third-order valence-electron chi connectivity index (χ3n) is 2.58. The van der Waals surface area contributed by atoms with Gasteiger partial charge in [0, 0.05) is 16.6 Å². The molecule has 0 aromatic heterocycles. The zero-order valence-corrected chi connectivity index (χ0v) is 10.6. The van der Waals surface area contributed by atoms with Gasteiger partial charge in [0.15, 0.2) is 0 Å². The molecule has 1 aromatic carbocycles. The highest BCUT2D eigenvalue weighted by atomic mass is 32.2. The minimum atomic E-state index is -1.43. The Morgan fingerprint density at radius 1 is 1.47 bits per heavy atom. The number of carboxylic acids is 1. The fraction of sp³-hybridized carbons (Fsp3) is 0.417. The summed E-state index contributed by atoms with van der Waals surface area (Å²) in [4.78, 5) is 11.0. The van der Waals surface area contributed by atoms with Crippen LogP contribution >= 0.6 is 0 Å². The third-order valence-corrected chi connectivity index (χ3v) is 4.25. The molecule has 2 atom stereocenters. The van der Waals surface area contributed by atoms with Crippen LogP contribution in [0.2, 0.25) is 0 Å². The number of hydrogen-bond acceptors (Lipinski definition) is 3. The molecule has 1 aromatic rings. The van der Waals surface area contributed by atoms with Crippen LogP contribution in [-0.2, 0) is 21.3 Å². The lowest BCUT2D eigenvalue weighted by Gasteiger charge is -2.12. The van der Waals surface area contributed by atoms with Gasteiger partial charge in [-0.05, 0) is 31.0 Å². The molecule has 0 bridgehead atoms. The van der Waals surface area contributed by atoms with E-state index in [-0.39, 0.29) is 18.7 Å². The Hall–Kier alpha value is -1.20. The Morgan fingerprint density at radius 2 is 2.12 bits per heavy atom. The van der Waals surface area contributed by atoms with Gasteiger partial charge in [-0.25, -0.2) is 0 Å². The summed E-state index contributed by atoms with van der Waals surface area (Å²) in [6.45, 7) is 2.15. The Bertz CT molecular complexity index is 420. The molecule has 0 spiro atoms. The number of carbonyl (C=O) groups is 1. The minimum Gasteiger partial charge on any atom is -0.480 e. The second kappa shape index (κ2) is 6.51. The summed E-state index contributed by atoms with van der Waals surface area (Å²) in [5.41, 5.74) is 7.28. The maximum absolute atomic E-state index is 12.0. The molecule has 0 aliphatic carbocycles. The van der Waals surface area contributed by atoms with Crippen molar-refractivity contribution in [3.05, 3.63) is 35.4 Å². The minimum absolute atomic E-state index is 0.233. The van der Waals surface area contributed by atoms with Crippen molar-refractivity contribution in [1.82, 2.24) is 0 Å². The fourth-order valence-corrected chi connectivity index (χ4v) is 3.00. The van der Waals surface area contributed by atoms with Gasteiger partial charge in [0.1, 0.15) is 5.25 Å². The van der Waals surface area contributed by atoms with Gasteiger partial charge in [-0.2, -0.15) is 0 Å². The number of rotatable bonds is 6. The Kier molecular flexibility index (Phi) is 5.31. The predicted octanol–water partition coefficient (Wildman–Crippen LogP) is 1.05. The monoisotopic (exact) mass is 255 g/mol. The second-order valence-corrected chi connectivity index (χ2v) is 5.47. The molecule has 17 heavy (non-hydrogen) atoms. The molecule has 0 saturated heterocycles. The number of hydrogen-bond donors (Lipinski definition) is 2. The summed E-state index contributed by atoms with van der Waals surface area (Å²) < 4.78 is 12.0. The largest absolute Gasteiger partial charge is 0.480 e. The molecular formula is C12H17NO3S. The molecule has 0 aliphatic rings. The maximum Gasteiger partial charge on any atom is 0.319 e. The summed E-state index contributed by atoms with van der Waals surface area (Å²) in [5.74, 6) is -0.772. The van der Waals surface area contributed by atoms with Crippen LogP contribution in [0, 0.1) is 6.92 Å². The van der Waals surface area contributed by atoms with Crippen LogP contribution < -0.4 is 5.73 Å². The molecule has 0 aliphatic heterocycles. The first-order valence-electron chi connectivity index (χ1n) is 5.40. The molecule has 5 heteroatoms. The summed E-state index contributed by atoms with van der Waals surface area (Å²) in [6, 6.07) is 7.55. The van der Waals surface area contributed by atoms with Crippen molar-refractivity contribution >= 4 is 16.8 Å². The van der Waals surface area contributed by atoms with Gasteiger partial charge in [-0.1, -0.05) is 24.3 Å². The second-order valence-electron chi connectivity index (χ2n) is 3.86. The quantitative estimate of drug-likeness (QED) is 0.796. The van der Waals surface area contributed by atoms with Crippen molar-refractivity contribution in [2.45, 2.75) is 24.3 Å². The van der Waals surface area contributed by atoms with E-state index < -0.39 is 22.0 Å². The normalized spacial score (nSPS) is 14.2. The summed E-state index contributed by atoms with van der Waals surface area (Å²) in [6.07, 6.45) is 0.244. The van der Waals surface area contributed by atoms with E-state index in [0.29, 0.717) is 0 Å². The van der Waals surface area contributed by atoms with Crippen molar-refractivity contribution in [1.29, 1.82) is 0 Å². The topological polar surface area (TPSA) is 80.4 Å². The van der Waals surface area contributed by atoms with Crippen LogP contribution in [0.1, 0.15) is 17.5 Å². The molecule has 0 fully saturated rings. The molecule has 4 nitrogen and oxygen atoms in total. The molecule has 0 amide bonds. The molecular weight excluding hydrogens is 238 g/mol. The maximum atomic E-state index is 12.0. The van der Waals surface area contributed by atoms with Gasteiger partial charge in [0.05, 0.1) is 0 Å². The SMILES string of the molecule is Cc1ccccc1CS(=O)C(CCN)C(=O)O. The van der Waals surface area contributed by atoms with E-state index in [4.69, 9.17) is 10.8 Å². The van der Waals surface area contributed by atoms with Crippen LogP contribution in [0.5, 0.6) is 0 Å². The summed E-state index contributed by atoms with van der Waals surface area (Å²) in [5, 5.41) is 8.10. The van der Waals surface area contributed by atoms with Gasteiger partial charge < -0.3 is 10.8 Å². The molecule has 2 unspecified atom stereocenters. The van der Waals surface area contributed by atoms with Crippen LogP contribution in [0.4, 0.5) is 0 Å². The smallest absolute Gasteiger partial charge is 0.319 e. The number of aliphatic carboxylic acids is 1. The van der Waals surface area contributed by atoms with Crippen molar-refractivity contribution in [2.75, 3.05) is 6.54 Å². The Morgan fingerprint density at radius 3 is 2.65 bits per heavy atom. The van der Waals surface area contributed by atoms with E-state index in [1.54, 1.807) is 0 Å². The predicted molar refractivity (Wildman–Crippen MR) is 68.1 cm³/mol. The number of benzene rings is 1. The first-order chi connectivity index (χ1) is 8.06. The summed E-state index contributed by atoms with van der Waals surface area (Å²) >= 11 is 0. The average molecular weight is 255 g/mol. The van der Waals surface area contributed by atoms with Crippen molar-refractivity contribution in [3.8, 4) is 0 Å². The number of nitrogens with two attached hydrogens (primary N) is 1. The van der Waals surface area contributed by atoms with Gasteiger partial charge in [0.2, 0.25) is 0 Å². The molecule has 0 radical (unpaired) electrons. The van der Waals surface area contributed by atoms with E-state index in [1.807, 2.05) is 31.2 Å². The number of aryl methyl sites for hydroxylation is 1. The zero-order chi connectivity index (χ0) is 12.8. The van der Waals surface area contributed by atoms with E-state index in [2.05, 4.69) is 0 Å². The van der Waals surface area contributed by atoms with Gasteiger partial charge in [-0.15, -0.1) is 0 Å². The molecule has 0 heterocycles. The highest BCUT2D eigenvalue weighted by Gasteiger charge is 2.24. The Balaban J connectivity index is 2.77. The number of carboxylic acid groups (broad SMARTS) is 1. The van der Waals surface area contributed by atoms with Crippen molar-refractivity contribution < 1.29 is 14.1 Å². The standard InChI is InChI=1S/C12H17NO3S/c1-9-4-2-3-5-10(9)8-17(16)11(6-7-13)12(14)15/h2-5,11H,6-8,13H2,1H3,(H,14,15). The van der Waals surface area contributed by atoms with Crippen molar-refractivity contribution in [3.63, 3.8) is 0 Å². The van der Waals surface area contributed by atoms with Crippen LogP contribution in [0.3, 0.4) is 0 Å². The first-order valence-corrected chi connectivity index (χ1v) is 6.79. The van der Waals surface area contributed by atoms with Gasteiger partial charge >= 0.3 is 5.97 Å². The van der Waals surface area contributed by atoms with Gasteiger partial charge in [0.25, 0.3) is 0 Å². The molecule has 3 N–H and O–H groups in total. The van der Waals surface area contributed by atoms with Gasteiger partial charge in [-0.3, -0.25) is 9.00 Å². The lowest BCUT2D eigenvalue weighted by Crippen LogP contribution is -2.29.